The van der Waals surface area contributed by atoms with Crippen LogP contribution in [0.1, 0.15) is 34.9 Å². The van der Waals surface area contributed by atoms with Gasteiger partial charge >= 0.3 is 0 Å². The van der Waals surface area contributed by atoms with Crippen molar-refractivity contribution in [1.82, 2.24) is 24.6 Å². The van der Waals surface area contributed by atoms with Gasteiger partial charge in [-0.05, 0) is 32.8 Å². The van der Waals surface area contributed by atoms with E-state index in [1.54, 1.807) is 7.11 Å². The van der Waals surface area contributed by atoms with Gasteiger partial charge in [0.25, 0.3) is 0 Å². The Morgan fingerprint density at radius 1 is 1.33 bits per heavy atom. The lowest BCUT2D eigenvalue weighted by atomic mass is 10.1. The van der Waals surface area contributed by atoms with Crippen LogP contribution in [-0.4, -0.2) is 38.9 Å². The summed E-state index contributed by atoms with van der Waals surface area (Å²) in [5.41, 5.74) is 4.36. The molecule has 0 spiro atoms. The first kappa shape index (κ1) is 18.2. The minimum absolute atomic E-state index is 0.0590. The maximum absolute atomic E-state index is 12.1. The fraction of sp³-hybridized carbons (Fsp3) is 0.588. The number of amides is 1. The molecule has 132 valence electrons. The van der Waals surface area contributed by atoms with Crippen LogP contribution in [0.25, 0.3) is 0 Å². The first-order chi connectivity index (χ1) is 11.4. The molecule has 2 aromatic heterocycles. The maximum atomic E-state index is 12.1. The van der Waals surface area contributed by atoms with Crippen LogP contribution in [-0.2, 0) is 36.2 Å². The first-order valence-electron chi connectivity index (χ1n) is 8.19. The van der Waals surface area contributed by atoms with Gasteiger partial charge in [0, 0.05) is 51.3 Å². The molecule has 24 heavy (non-hydrogen) atoms. The van der Waals surface area contributed by atoms with E-state index in [0.29, 0.717) is 26.1 Å². The third-order valence-electron chi connectivity index (χ3n) is 4.33. The topological polar surface area (TPSA) is 74.0 Å². The summed E-state index contributed by atoms with van der Waals surface area (Å²) in [6, 6.07) is 0. The lowest BCUT2D eigenvalue weighted by molar-refractivity contribution is -0.121. The van der Waals surface area contributed by atoms with E-state index < -0.39 is 0 Å². The minimum Gasteiger partial charge on any atom is -0.377 e. The highest BCUT2D eigenvalue weighted by atomic mass is 16.5. The Morgan fingerprint density at radius 2 is 2.08 bits per heavy atom. The molecule has 1 N–H and O–H groups in total. The van der Waals surface area contributed by atoms with Crippen LogP contribution in [0, 0.1) is 20.8 Å². The second kappa shape index (κ2) is 8.10. The number of nitrogens with zero attached hydrogens (tertiary/aromatic N) is 4. The molecule has 0 aromatic carbocycles. The number of hydrogen-bond acceptors (Lipinski definition) is 4. The smallest absolute Gasteiger partial charge is 0.220 e. The highest BCUT2D eigenvalue weighted by molar-refractivity contribution is 5.76. The van der Waals surface area contributed by atoms with E-state index in [4.69, 9.17) is 4.74 Å². The number of ether oxygens (including phenoxy) is 1. The standard InChI is InChI=1S/C17H27N5O2/c1-12-10-19-16(11-24-5)22(12)9-8-18-17(23)7-6-15-13(2)20-21(4)14(15)3/h10H,6-9,11H2,1-5H3,(H,18,23). The molecule has 0 aliphatic heterocycles. The average Bonchev–Trinajstić information content (AvgIpc) is 2.99. The monoisotopic (exact) mass is 333 g/mol. The van der Waals surface area contributed by atoms with Gasteiger partial charge < -0.3 is 14.6 Å². The maximum Gasteiger partial charge on any atom is 0.220 e. The fourth-order valence-electron chi connectivity index (χ4n) is 2.87. The predicted molar refractivity (Wildman–Crippen MR) is 91.7 cm³/mol. The Morgan fingerprint density at radius 3 is 2.71 bits per heavy atom. The zero-order chi connectivity index (χ0) is 17.7. The molecule has 0 bridgehead atoms. The molecule has 2 heterocycles. The molecule has 0 aliphatic rings. The molecule has 0 fully saturated rings. The summed E-state index contributed by atoms with van der Waals surface area (Å²) < 4.78 is 9.07. The summed E-state index contributed by atoms with van der Waals surface area (Å²) in [5.74, 6) is 0.939. The molecule has 7 heteroatoms. The zero-order valence-corrected chi connectivity index (χ0v) is 15.2. The third kappa shape index (κ3) is 4.23. The summed E-state index contributed by atoms with van der Waals surface area (Å²) in [7, 11) is 3.58. The Balaban J connectivity index is 1.81. The van der Waals surface area contributed by atoms with E-state index in [1.165, 1.54) is 5.56 Å². The van der Waals surface area contributed by atoms with Crippen molar-refractivity contribution in [3.63, 3.8) is 0 Å². The van der Waals surface area contributed by atoms with Gasteiger partial charge in [0.15, 0.2) is 0 Å². The van der Waals surface area contributed by atoms with E-state index in [-0.39, 0.29) is 5.91 Å². The lowest BCUT2D eigenvalue weighted by Crippen LogP contribution is -2.28. The van der Waals surface area contributed by atoms with Gasteiger partial charge in [-0.1, -0.05) is 0 Å². The number of imidazole rings is 1. The van der Waals surface area contributed by atoms with Gasteiger partial charge in [0.2, 0.25) is 5.91 Å². The highest BCUT2D eigenvalue weighted by Crippen LogP contribution is 2.13. The third-order valence-corrected chi connectivity index (χ3v) is 4.33. The predicted octanol–water partition coefficient (Wildman–Crippen LogP) is 1.44. The highest BCUT2D eigenvalue weighted by Gasteiger charge is 2.11. The Kier molecular flexibility index (Phi) is 6.14. The Bertz CT molecular complexity index is 702. The second-order valence-corrected chi connectivity index (χ2v) is 6.02. The summed E-state index contributed by atoms with van der Waals surface area (Å²) in [6.07, 6.45) is 3.02. The van der Waals surface area contributed by atoms with Crippen LogP contribution in [0.5, 0.6) is 0 Å². The van der Waals surface area contributed by atoms with Crippen molar-refractivity contribution < 1.29 is 9.53 Å². The molecule has 1 amide bonds. The number of rotatable bonds is 8. The molecule has 0 radical (unpaired) electrons. The van der Waals surface area contributed by atoms with Gasteiger partial charge in [0.05, 0.1) is 5.69 Å². The zero-order valence-electron chi connectivity index (χ0n) is 15.2. The number of carbonyl (C=O) groups is 1. The van der Waals surface area contributed by atoms with Crippen molar-refractivity contribution in [2.45, 2.75) is 46.8 Å². The average molecular weight is 333 g/mol. The molecular weight excluding hydrogens is 306 g/mol. The number of carbonyl (C=O) groups excluding carboxylic acids is 1. The van der Waals surface area contributed by atoms with Crippen molar-refractivity contribution in [1.29, 1.82) is 0 Å². The quantitative estimate of drug-likeness (QED) is 0.793. The largest absolute Gasteiger partial charge is 0.377 e. The van der Waals surface area contributed by atoms with Crippen molar-refractivity contribution in [3.05, 3.63) is 34.7 Å². The molecule has 7 nitrogen and oxygen atoms in total. The normalized spacial score (nSPS) is 11.0. The summed E-state index contributed by atoms with van der Waals surface area (Å²) in [4.78, 5) is 16.4. The molecule has 0 aliphatic carbocycles. The molecule has 2 aromatic rings. The fourth-order valence-corrected chi connectivity index (χ4v) is 2.87. The minimum atomic E-state index is 0.0590. The molecule has 0 saturated carbocycles. The lowest BCUT2D eigenvalue weighted by Gasteiger charge is -2.11. The van der Waals surface area contributed by atoms with Gasteiger partial charge in [-0.15, -0.1) is 0 Å². The van der Waals surface area contributed by atoms with Crippen LogP contribution >= 0.6 is 0 Å². The number of hydrogen-bond donors (Lipinski definition) is 1. The summed E-state index contributed by atoms with van der Waals surface area (Å²) in [6.45, 7) is 7.77. The molecular formula is C17H27N5O2. The van der Waals surface area contributed by atoms with Crippen LogP contribution < -0.4 is 5.32 Å². The second-order valence-electron chi connectivity index (χ2n) is 6.02. The molecule has 0 saturated heterocycles. The molecule has 0 atom stereocenters. The first-order valence-corrected chi connectivity index (χ1v) is 8.19. The van der Waals surface area contributed by atoms with Crippen LogP contribution in [0.3, 0.4) is 0 Å². The van der Waals surface area contributed by atoms with E-state index in [9.17, 15) is 4.79 Å². The summed E-state index contributed by atoms with van der Waals surface area (Å²) in [5, 5.41) is 7.36. The van der Waals surface area contributed by atoms with E-state index in [1.807, 2.05) is 38.7 Å². The number of aryl methyl sites for hydroxylation is 3. The van der Waals surface area contributed by atoms with Gasteiger partial charge in [-0.2, -0.15) is 5.10 Å². The van der Waals surface area contributed by atoms with E-state index >= 15 is 0 Å². The van der Waals surface area contributed by atoms with Crippen LogP contribution in [0.2, 0.25) is 0 Å². The van der Waals surface area contributed by atoms with Gasteiger partial charge in [-0.3, -0.25) is 9.48 Å². The number of aromatic nitrogens is 4. The van der Waals surface area contributed by atoms with Crippen molar-refractivity contribution in [3.8, 4) is 0 Å². The van der Waals surface area contributed by atoms with Crippen LogP contribution in [0.4, 0.5) is 0 Å². The SMILES string of the molecule is COCc1ncc(C)n1CCNC(=O)CCc1c(C)nn(C)c1C. The van der Waals surface area contributed by atoms with Crippen molar-refractivity contribution >= 4 is 5.91 Å². The number of nitrogens with one attached hydrogen (secondary N) is 1. The van der Waals surface area contributed by atoms with E-state index in [2.05, 4.69) is 20.0 Å². The molecule has 2 rings (SSSR count). The van der Waals surface area contributed by atoms with Crippen LogP contribution in [0.15, 0.2) is 6.20 Å². The van der Waals surface area contributed by atoms with Crippen molar-refractivity contribution in [2.75, 3.05) is 13.7 Å². The van der Waals surface area contributed by atoms with Gasteiger partial charge in [-0.25, -0.2) is 4.98 Å². The van der Waals surface area contributed by atoms with Crippen molar-refractivity contribution in [2.24, 2.45) is 7.05 Å². The molecule has 0 unspecified atom stereocenters. The van der Waals surface area contributed by atoms with E-state index in [0.717, 1.165) is 29.3 Å². The van der Waals surface area contributed by atoms with Gasteiger partial charge in [0.1, 0.15) is 12.4 Å². The summed E-state index contributed by atoms with van der Waals surface area (Å²) >= 11 is 0. The Hall–Kier alpha value is -2.15. The number of methoxy groups -OCH3 is 1. The Labute approximate surface area is 143 Å².